The van der Waals surface area contributed by atoms with E-state index in [0.717, 1.165) is 19.4 Å². The van der Waals surface area contributed by atoms with Crippen molar-refractivity contribution in [1.29, 1.82) is 0 Å². The molecule has 2 aliphatic heterocycles. The van der Waals surface area contributed by atoms with Crippen molar-refractivity contribution in [3.8, 4) is 0 Å². The molecule has 0 aromatic carbocycles. The standard InChI is InChI=1S/C12H20O3/c1-11(13-2)7-10-12(15-11)6-4-3-5-9(12)8-14-10/h9-10H,3-8H2,1-2H3/t9-,10-,11-,12-/m0/s1. The fourth-order valence-corrected chi connectivity index (χ4v) is 3.60. The van der Waals surface area contributed by atoms with E-state index in [9.17, 15) is 0 Å². The Labute approximate surface area is 91.1 Å². The second kappa shape index (κ2) is 3.19. The van der Waals surface area contributed by atoms with Gasteiger partial charge in [-0.1, -0.05) is 12.8 Å². The predicted octanol–water partition coefficient (Wildman–Crippen LogP) is 2.10. The molecule has 1 spiro atoms. The van der Waals surface area contributed by atoms with Crippen LogP contribution in [0.2, 0.25) is 0 Å². The molecule has 0 aromatic heterocycles. The monoisotopic (exact) mass is 212 g/mol. The second-order valence-corrected chi connectivity index (χ2v) is 5.36. The summed E-state index contributed by atoms with van der Waals surface area (Å²) in [6.45, 7) is 2.93. The molecule has 0 unspecified atom stereocenters. The molecule has 3 aliphatic rings. The summed E-state index contributed by atoms with van der Waals surface area (Å²) in [4.78, 5) is 0. The molecule has 3 rings (SSSR count). The first-order valence-corrected chi connectivity index (χ1v) is 6.05. The van der Waals surface area contributed by atoms with Crippen LogP contribution in [-0.4, -0.2) is 31.2 Å². The van der Waals surface area contributed by atoms with E-state index in [1.807, 2.05) is 6.92 Å². The first-order chi connectivity index (χ1) is 7.19. The highest BCUT2D eigenvalue weighted by atomic mass is 16.7. The molecule has 3 fully saturated rings. The van der Waals surface area contributed by atoms with E-state index in [0.29, 0.717) is 5.92 Å². The average Bonchev–Trinajstić information content (AvgIpc) is 2.69. The highest BCUT2D eigenvalue weighted by molar-refractivity contribution is 5.08. The zero-order valence-electron chi connectivity index (χ0n) is 9.62. The third-order valence-corrected chi connectivity index (χ3v) is 4.50. The van der Waals surface area contributed by atoms with Gasteiger partial charge < -0.3 is 14.2 Å². The van der Waals surface area contributed by atoms with Gasteiger partial charge in [0, 0.05) is 19.4 Å². The summed E-state index contributed by atoms with van der Waals surface area (Å²) in [5.41, 5.74) is -0.0109. The van der Waals surface area contributed by atoms with E-state index in [1.54, 1.807) is 7.11 Å². The van der Waals surface area contributed by atoms with Crippen LogP contribution >= 0.6 is 0 Å². The van der Waals surface area contributed by atoms with Gasteiger partial charge in [0.15, 0.2) is 5.79 Å². The Hall–Kier alpha value is -0.120. The Morgan fingerprint density at radius 3 is 3.00 bits per heavy atom. The molecule has 0 radical (unpaired) electrons. The van der Waals surface area contributed by atoms with Gasteiger partial charge in [-0.3, -0.25) is 0 Å². The molecule has 86 valence electrons. The molecule has 2 saturated heterocycles. The Balaban J connectivity index is 1.89. The molecular formula is C12H20O3. The number of methoxy groups -OCH3 is 1. The summed E-state index contributed by atoms with van der Waals surface area (Å²) in [5, 5.41) is 0. The summed E-state index contributed by atoms with van der Waals surface area (Å²) < 4.78 is 17.6. The fraction of sp³-hybridized carbons (Fsp3) is 1.00. The minimum absolute atomic E-state index is 0.0109. The Kier molecular flexibility index (Phi) is 2.14. The lowest BCUT2D eigenvalue weighted by Crippen LogP contribution is -2.45. The third-order valence-electron chi connectivity index (χ3n) is 4.50. The summed E-state index contributed by atoms with van der Waals surface area (Å²) >= 11 is 0. The van der Waals surface area contributed by atoms with Crippen LogP contribution in [0.1, 0.15) is 39.0 Å². The summed E-state index contributed by atoms with van der Waals surface area (Å²) in [7, 11) is 1.73. The molecule has 0 amide bonds. The van der Waals surface area contributed by atoms with Crippen LogP contribution in [0.5, 0.6) is 0 Å². The first kappa shape index (κ1) is 10.1. The van der Waals surface area contributed by atoms with Gasteiger partial charge >= 0.3 is 0 Å². The van der Waals surface area contributed by atoms with Crippen LogP contribution in [0.15, 0.2) is 0 Å². The van der Waals surface area contributed by atoms with Crippen LogP contribution in [0.3, 0.4) is 0 Å². The van der Waals surface area contributed by atoms with Crippen molar-refractivity contribution in [2.75, 3.05) is 13.7 Å². The molecule has 0 aromatic rings. The molecular weight excluding hydrogens is 192 g/mol. The van der Waals surface area contributed by atoms with Crippen molar-refractivity contribution in [3.05, 3.63) is 0 Å². The highest BCUT2D eigenvalue weighted by Gasteiger charge is 2.62. The van der Waals surface area contributed by atoms with E-state index in [-0.39, 0.29) is 11.7 Å². The van der Waals surface area contributed by atoms with Crippen molar-refractivity contribution in [2.45, 2.75) is 56.5 Å². The molecule has 3 heteroatoms. The second-order valence-electron chi connectivity index (χ2n) is 5.36. The Bertz CT molecular complexity index is 266. The fourth-order valence-electron chi connectivity index (χ4n) is 3.60. The SMILES string of the molecule is CO[C@]1(C)C[C@@H]2OC[C@@H]3CCCC[C@]32O1. The van der Waals surface area contributed by atoms with Gasteiger partial charge in [-0.05, 0) is 19.8 Å². The van der Waals surface area contributed by atoms with Gasteiger partial charge in [0.2, 0.25) is 0 Å². The number of hydrogen-bond acceptors (Lipinski definition) is 3. The maximum Gasteiger partial charge on any atom is 0.168 e. The molecule has 1 aliphatic carbocycles. The van der Waals surface area contributed by atoms with Crippen molar-refractivity contribution < 1.29 is 14.2 Å². The molecule has 0 N–H and O–H groups in total. The van der Waals surface area contributed by atoms with Crippen LogP contribution in [0.4, 0.5) is 0 Å². The zero-order valence-corrected chi connectivity index (χ0v) is 9.62. The number of ether oxygens (including phenoxy) is 3. The van der Waals surface area contributed by atoms with E-state index in [1.165, 1.54) is 19.3 Å². The minimum Gasteiger partial charge on any atom is -0.375 e. The van der Waals surface area contributed by atoms with Crippen LogP contribution in [0, 0.1) is 5.92 Å². The topological polar surface area (TPSA) is 27.7 Å². The van der Waals surface area contributed by atoms with Crippen molar-refractivity contribution in [2.24, 2.45) is 5.92 Å². The average molecular weight is 212 g/mol. The van der Waals surface area contributed by atoms with Crippen LogP contribution < -0.4 is 0 Å². The van der Waals surface area contributed by atoms with E-state index in [2.05, 4.69) is 0 Å². The van der Waals surface area contributed by atoms with Gasteiger partial charge in [-0.2, -0.15) is 0 Å². The van der Waals surface area contributed by atoms with Crippen molar-refractivity contribution in [1.82, 2.24) is 0 Å². The lowest BCUT2D eigenvalue weighted by Gasteiger charge is -2.38. The number of rotatable bonds is 1. The predicted molar refractivity (Wildman–Crippen MR) is 55.5 cm³/mol. The molecule has 2 heterocycles. The maximum absolute atomic E-state index is 6.27. The van der Waals surface area contributed by atoms with E-state index < -0.39 is 5.79 Å². The highest BCUT2D eigenvalue weighted by Crippen LogP contribution is 2.54. The molecule has 1 saturated carbocycles. The van der Waals surface area contributed by atoms with Gasteiger partial charge in [0.1, 0.15) is 5.60 Å². The van der Waals surface area contributed by atoms with E-state index >= 15 is 0 Å². The van der Waals surface area contributed by atoms with Crippen LogP contribution in [-0.2, 0) is 14.2 Å². The van der Waals surface area contributed by atoms with Crippen molar-refractivity contribution in [3.63, 3.8) is 0 Å². The van der Waals surface area contributed by atoms with Gasteiger partial charge in [-0.25, -0.2) is 0 Å². The van der Waals surface area contributed by atoms with Gasteiger partial charge in [-0.15, -0.1) is 0 Å². The molecule has 15 heavy (non-hydrogen) atoms. The first-order valence-electron chi connectivity index (χ1n) is 6.05. The summed E-state index contributed by atoms with van der Waals surface area (Å²) in [5.74, 6) is 0.189. The maximum atomic E-state index is 6.27. The Morgan fingerprint density at radius 2 is 2.20 bits per heavy atom. The molecule has 3 nitrogen and oxygen atoms in total. The van der Waals surface area contributed by atoms with Gasteiger partial charge in [0.25, 0.3) is 0 Å². The summed E-state index contributed by atoms with van der Waals surface area (Å²) in [6, 6.07) is 0. The van der Waals surface area contributed by atoms with Crippen LogP contribution in [0.25, 0.3) is 0 Å². The normalized spacial score (nSPS) is 54.0. The zero-order chi connectivity index (χ0) is 10.5. The van der Waals surface area contributed by atoms with Crippen molar-refractivity contribution >= 4 is 0 Å². The largest absolute Gasteiger partial charge is 0.375 e. The minimum atomic E-state index is -0.416. The third kappa shape index (κ3) is 1.30. The number of hydrogen-bond donors (Lipinski definition) is 0. The van der Waals surface area contributed by atoms with Gasteiger partial charge in [0.05, 0.1) is 12.7 Å². The molecule has 0 bridgehead atoms. The molecule has 4 atom stereocenters. The Morgan fingerprint density at radius 1 is 1.33 bits per heavy atom. The lowest BCUT2D eigenvalue weighted by atomic mass is 9.75. The quantitative estimate of drug-likeness (QED) is 0.666. The summed E-state index contributed by atoms with van der Waals surface area (Å²) in [6.07, 6.45) is 6.18. The lowest BCUT2D eigenvalue weighted by molar-refractivity contribution is -0.243. The van der Waals surface area contributed by atoms with E-state index in [4.69, 9.17) is 14.2 Å². The smallest absolute Gasteiger partial charge is 0.168 e.